The Kier molecular flexibility index (Phi) is 65.1. The number of carbonyl (C=O) groups is 3. The second-order valence-corrected chi connectivity index (χ2v) is 23.4. The summed E-state index contributed by atoms with van der Waals surface area (Å²) < 4.78 is 16.9. The molecule has 0 aromatic carbocycles. The lowest BCUT2D eigenvalue weighted by molar-refractivity contribution is -0.167. The van der Waals surface area contributed by atoms with Gasteiger partial charge in [-0.1, -0.05) is 319 Å². The normalized spacial score (nSPS) is 12.4. The van der Waals surface area contributed by atoms with Gasteiger partial charge in [-0.05, 0) is 89.9 Å². The zero-order valence-electron chi connectivity index (χ0n) is 52.9. The average molecular weight is 1110 g/mol. The fraction of sp³-hybridized carbons (Fsp3) is 0.822. The molecular formula is C73H132O6. The number of ether oxygens (including phenoxy) is 3. The van der Waals surface area contributed by atoms with E-state index >= 15 is 0 Å². The minimum atomic E-state index is -0.773. The van der Waals surface area contributed by atoms with Crippen LogP contribution in [0.4, 0.5) is 0 Å². The van der Waals surface area contributed by atoms with Gasteiger partial charge in [0.15, 0.2) is 6.10 Å². The van der Waals surface area contributed by atoms with Gasteiger partial charge in [0.1, 0.15) is 13.2 Å². The van der Waals surface area contributed by atoms with Crippen LogP contribution in [0.3, 0.4) is 0 Å². The molecule has 1 atom stereocenters. The Balaban J connectivity index is 4.15. The zero-order valence-corrected chi connectivity index (χ0v) is 52.9. The molecule has 0 bridgehead atoms. The molecule has 460 valence electrons. The lowest BCUT2D eigenvalue weighted by atomic mass is 10.0. The van der Waals surface area contributed by atoms with E-state index in [1.54, 1.807) is 0 Å². The monoisotopic (exact) mass is 1110 g/mol. The summed E-state index contributed by atoms with van der Waals surface area (Å²) in [6.07, 6.45) is 86.8. The molecule has 79 heavy (non-hydrogen) atoms. The van der Waals surface area contributed by atoms with Gasteiger partial charge in [-0.25, -0.2) is 0 Å². The van der Waals surface area contributed by atoms with Crippen LogP contribution in [0.2, 0.25) is 0 Å². The van der Waals surface area contributed by atoms with Crippen molar-refractivity contribution in [2.75, 3.05) is 13.2 Å². The first-order chi connectivity index (χ1) is 39.0. The second kappa shape index (κ2) is 67.6. The standard InChI is InChI=1S/C73H132O6/c1-4-7-10-13-16-19-21-23-25-27-29-31-33-35-36-38-39-41-43-45-47-49-51-54-57-60-63-66-72(75)78-69-70(68-77-71(74)65-62-59-56-53-18-15-12-9-6-3)79-73(76)67-64-61-58-55-52-50-48-46-44-42-40-37-34-32-30-28-26-24-22-20-17-14-11-8-5-2/h21-24,27-30,33,35,70H,4-20,25-26,31-32,34,36-69H2,1-3H3/b23-21-,24-22-,29-27-,30-28-,35-33-. The quantitative estimate of drug-likeness (QED) is 0.0261. The fourth-order valence-corrected chi connectivity index (χ4v) is 10.2. The molecule has 0 rings (SSSR count). The Hall–Kier alpha value is -2.89. The number of esters is 3. The third-order valence-corrected chi connectivity index (χ3v) is 15.5. The van der Waals surface area contributed by atoms with Crippen molar-refractivity contribution in [1.29, 1.82) is 0 Å². The molecule has 0 aliphatic carbocycles. The molecule has 6 heteroatoms. The molecular weight excluding hydrogens is 973 g/mol. The van der Waals surface area contributed by atoms with Crippen molar-refractivity contribution in [3.63, 3.8) is 0 Å². The molecule has 0 aliphatic rings. The average Bonchev–Trinajstić information content (AvgIpc) is 3.45. The fourth-order valence-electron chi connectivity index (χ4n) is 10.2. The van der Waals surface area contributed by atoms with Crippen molar-refractivity contribution in [3.8, 4) is 0 Å². The summed E-state index contributed by atoms with van der Waals surface area (Å²) >= 11 is 0. The number of hydrogen-bond acceptors (Lipinski definition) is 6. The lowest BCUT2D eigenvalue weighted by Gasteiger charge is -2.18. The van der Waals surface area contributed by atoms with Gasteiger partial charge in [-0.2, -0.15) is 0 Å². The maximum absolute atomic E-state index is 12.9. The number of unbranched alkanes of at least 4 members (excludes halogenated alkanes) is 43. The third-order valence-electron chi connectivity index (χ3n) is 15.5. The molecule has 1 unspecified atom stereocenters. The Bertz CT molecular complexity index is 1410. The molecule has 0 saturated heterocycles. The van der Waals surface area contributed by atoms with Crippen molar-refractivity contribution in [2.24, 2.45) is 0 Å². The SMILES string of the molecule is CCCCCCC/C=C\C/C=C\C/C=C\CCCCCCCCCCCCCCC(=O)OCC(COC(=O)CCCCCCCCCCC)OC(=O)CCCCCCCCCCCCCCC/C=C\C/C=C\CCCCCCC. The minimum absolute atomic E-state index is 0.0710. The molecule has 0 saturated carbocycles. The summed E-state index contributed by atoms with van der Waals surface area (Å²) in [4.78, 5) is 38.3. The van der Waals surface area contributed by atoms with Crippen molar-refractivity contribution in [1.82, 2.24) is 0 Å². The third kappa shape index (κ3) is 65.8. The number of allylic oxidation sites excluding steroid dienone is 10. The van der Waals surface area contributed by atoms with Gasteiger partial charge in [-0.15, -0.1) is 0 Å². The van der Waals surface area contributed by atoms with Crippen LogP contribution in [-0.2, 0) is 28.6 Å². The van der Waals surface area contributed by atoms with Gasteiger partial charge >= 0.3 is 17.9 Å². The molecule has 0 aromatic rings. The summed E-state index contributed by atoms with van der Waals surface area (Å²) in [5, 5.41) is 0. The van der Waals surface area contributed by atoms with Crippen molar-refractivity contribution < 1.29 is 28.6 Å². The highest BCUT2D eigenvalue weighted by molar-refractivity contribution is 5.71. The zero-order chi connectivity index (χ0) is 57.1. The van der Waals surface area contributed by atoms with Gasteiger partial charge < -0.3 is 14.2 Å². The molecule has 0 heterocycles. The Morgan fingerprint density at radius 3 is 0.709 bits per heavy atom. The van der Waals surface area contributed by atoms with Crippen LogP contribution in [0, 0.1) is 0 Å². The molecule has 0 fully saturated rings. The predicted molar refractivity (Wildman–Crippen MR) is 344 cm³/mol. The maximum atomic E-state index is 12.9. The molecule has 6 nitrogen and oxygen atoms in total. The van der Waals surface area contributed by atoms with Crippen LogP contribution in [0.5, 0.6) is 0 Å². The van der Waals surface area contributed by atoms with Crippen molar-refractivity contribution >= 4 is 17.9 Å². The number of hydrogen-bond donors (Lipinski definition) is 0. The summed E-state index contributed by atoms with van der Waals surface area (Å²) in [6, 6.07) is 0. The van der Waals surface area contributed by atoms with E-state index in [-0.39, 0.29) is 31.1 Å². The van der Waals surface area contributed by atoms with E-state index in [2.05, 4.69) is 81.5 Å². The van der Waals surface area contributed by atoms with Gasteiger partial charge in [0, 0.05) is 19.3 Å². The Labute approximate surface area is 491 Å². The first-order valence-electron chi connectivity index (χ1n) is 34.8. The van der Waals surface area contributed by atoms with E-state index in [1.807, 2.05) is 0 Å². The number of rotatable bonds is 64. The van der Waals surface area contributed by atoms with Crippen LogP contribution in [0.15, 0.2) is 60.8 Å². The lowest BCUT2D eigenvalue weighted by Crippen LogP contribution is -2.30. The summed E-state index contributed by atoms with van der Waals surface area (Å²) in [5.74, 6) is -0.856. The Morgan fingerprint density at radius 1 is 0.253 bits per heavy atom. The Morgan fingerprint density at radius 2 is 0.456 bits per heavy atom. The van der Waals surface area contributed by atoms with Gasteiger partial charge in [0.05, 0.1) is 0 Å². The number of carbonyl (C=O) groups excluding carboxylic acids is 3. The van der Waals surface area contributed by atoms with Crippen LogP contribution in [0.1, 0.15) is 367 Å². The first kappa shape index (κ1) is 76.1. The van der Waals surface area contributed by atoms with Crippen LogP contribution in [0.25, 0.3) is 0 Å². The highest BCUT2D eigenvalue weighted by Gasteiger charge is 2.19. The highest BCUT2D eigenvalue weighted by atomic mass is 16.6. The molecule has 0 radical (unpaired) electrons. The molecule has 0 N–H and O–H groups in total. The molecule has 0 spiro atoms. The van der Waals surface area contributed by atoms with E-state index in [4.69, 9.17) is 14.2 Å². The molecule has 0 aromatic heterocycles. The van der Waals surface area contributed by atoms with E-state index in [0.717, 1.165) is 77.0 Å². The van der Waals surface area contributed by atoms with Crippen molar-refractivity contribution in [3.05, 3.63) is 60.8 Å². The van der Waals surface area contributed by atoms with Gasteiger partial charge in [0.25, 0.3) is 0 Å². The minimum Gasteiger partial charge on any atom is -0.462 e. The first-order valence-corrected chi connectivity index (χ1v) is 34.8. The summed E-state index contributed by atoms with van der Waals surface area (Å²) in [7, 11) is 0. The van der Waals surface area contributed by atoms with Crippen LogP contribution in [-0.4, -0.2) is 37.2 Å². The van der Waals surface area contributed by atoms with E-state index in [9.17, 15) is 14.4 Å². The van der Waals surface area contributed by atoms with E-state index in [1.165, 1.54) is 250 Å². The highest BCUT2D eigenvalue weighted by Crippen LogP contribution is 2.17. The predicted octanol–water partition coefficient (Wildman–Crippen LogP) is 23.9. The molecule has 0 aliphatic heterocycles. The van der Waals surface area contributed by atoms with E-state index < -0.39 is 6.10 Å². The smallest absolute Gasteiger partial charge is 0.306 e. The molecule has 0 amide bonds. The van der Waals surface area contributed by atoms with Crippen LogP contribution >= 0.6 is 0 Å². The van der Waals surface area contributed by atoms with Gasteiger partial charge in [-0.3, -0.25) is 14.4 Å². The largest absolute Gasteiger partial charge is 0.462 e. The summed E-state index contributed by atoms with van der Waals surface area (Å²) in [6.45, 7) is 6.65. The summed E-state index contributed by atoms with van der Waals surface area (Å²) in [5.41, 5.74) is 0. The van der Waals surface area contributed by atoms with Crippen molar-refractivity contribution in [2.45, 2.75) is 374 Å². The topological polar surface area (TPSA) is 78.9 Å². The van der Waals surface area contributed by atoms with Crippen LogP contribution < -0.4 is 0 Å². The van der Waals surface area contributed by atoms with Gasteiger partial charge in [0.2, 0.25) is 0 Å². The second-order valence-electron chi connectivity index (χ2n) is 23.4. The maximum Gasteiger partial charge on any atom is 0.306 e. The van der Waals surface area contributed by atoms with E-state index in [0.29, 0.717) is 19.3 Å².